The van der Waals surface area contributed by atoms with Crippen molar-refractivity contribution in [2.75, 3.05) is 43.0 Å². The van der Waals surface area contributed by atoms with E-state index in [1.807, 2.05) is 13.0 Å². The zero-order valence-corrected chi connectivity index (χ0v) is 11.5. The van der Waals surface area contributed by atoms with Crippen LogP contribution in [0.3, 0.4) is 0 Å². The molecule has 3 rings (SSSR count). The molecule has 2 heterocycles. The van der Waals surface area contributed by atoms with E-state index in [2.05, 4.69) is 25.2 Å². The van der Waals surface area contributed by atoms with Gasteiger partial charge in [0.05, 0.1) is 0 Å². The molecule has 2 fully saturated rings. The molecule has 0 spiro atoms. The topological polar surface area (TPSA) is 70.3 Å². The largest absolute Gasteiger partial charge is 0.354 e. The van der Waals surface area contributed by atoms with Crippen molar-refractivity contribution in [1.82, 2.24) is 14.9 Å². The highest BCUT2D eigenvalue weighted by Crippen LogP contribution is 2.30. The van der Waals surface area contributed by atoms with Crippen LogP contribution >= 0.6 is 0 Å². The lowest BCUT2D eigenvalue weighted by molar-refractivity contribution is 0.247. The van der Waals surface area contributed by atoms with Crippen molar-refractivity contribution in [2.45, 2.75) is 19.8 Å². The van der Waals surface area contributed by atoms with Gasteiger partial charge in [-0.15, -0.1) is 0 Å². The van der Waals surface area contributed by atoms with Crippen molar-refractivity contribution in [3.05, 3.63) is 11.8 Å². The molecule has 1 aromatic heterocycles. The third kappa shape index (κ3) is 3.13. The number of nitrogens with one attached hydrogen (secondary N) is 1. The van der Waals surface area contributed by atoms with E-state index in [4.69, 9.17) is 5.84 Å². The van der Waals surface area contributed by atoms with E-state index in [9.17, 15) is 0 Å². The molecule has 1 aliphatic heterocycles. The van der Waals surface area contributed by atoms with Gasteiger partial charge in [0.15, 0.2) is 0 Å². The van der Waals surface area contributed by atoms with Crippen LogP contribution in [0.15, 0.2) is 6.07 Å². The maximum Gasteiger partial charge on any atom is 0.239 e. The first-order chi connectivity index (χ1) is 9.24. The van der Waals surface area contributed by atoms with Gasteiger partial charge in [0.1, 0.15) is 5.82 Å². The Morgan fingerprint density at radius 2 is 2.00 bits per heavy atom. The van der Waals surface area contributed by atoms with Crippen molar-refractivity contribution >= 4 is 11.8 Å². The summed E-state index contributed by atoms with van der Waals surface area (Å²) in [6.45, 7) is 7.58. The molecule has 0 unspecified atom stereocenters. The van der Waals surface area contributed by atoms with Crippen molar-refractivity contribution in [3.63, 3.8) is 0 Å². The standard InChI is InChI=1S/C13H22N6/c1-10-8-12(16-13(15-10)17-14)19-6-4-18(5-7-19)9-11-2-3-11/h8,11H,2-7,9,14H2,1H3,(H,15,16,17). The highest BCUT2D eigenvalue weighted by Gasteiger charge is 2.26. The lowest BCUT2D eigenvalue weighted by atomic mass is 10.2. The third-order valence-corrected chi connectivity index (χ3v) is 3.88. The summed E-state index contributed by atoms with van der Waals surface area (Å²) in [5.41, 5.74) is 3.47. The van der Waals surface area contributed by atoms with Crippen molar-refractivity contribution in [2.24, 2.45) is 11.8 Å². The summed E-state index contributed by atoms with van der Waals surface area (Å²) < 4.78 is 0. The van der Waals surface area contributed by atoms with Crippen molar-refractivity contribution in [3.8, 4) is 0 Å². The summed E-state index contributed by atoms with van der Waals surface area (Å²) >= 11 is 0. The van der Waals surface area contributed by atoms with Gasteiger partial charge in [-0.25, -0.2) is 10.8 Å². The molecule has 2 aliphatic rings. The molecule has 0 radical (unpaired) electrons. The Balaban J connectivity index is 1.62. The highest BCUT2D eigenvalue weighted by molar-refractivity contribution is 5.44. The fourth-order valence-electron chi connectivity index (χ4n) is 2.60. The minimum atomic E-state index is 0.496. The molecule has 104 valence electrons. The van der Waals surface area contributed by atoms with Crippen LogP contribution in [0.1, 0.15) is 18.5 Å². The van der Waals surface area contributed by atoms with Crippen LogP contribution in [0.5, 0.6) is 0 Å². The highest BCUT2D eigenvalue weighted by atomic mass is 15.3. The van der Waals surface area contributed by atoms with E-state index in [0.717, 1.165) is 43.6 Å². The molecular weight excluding hydrogens is 240 g/mol. The Morgan fingerprint density at radius 1 is 1.26 bits per heavy atom. The Bertz CT molecular complexity index is 437. The average molecular weight is 262 g/mol. The van der Waals surface area contributed by atoms with Crippen molar-refractivity contribution in [1.29, 1.82) is 0 Å². The maximum atomic E-state index is 5.40. The summed E-state index contributed by atoms with van der Waals surface area (Å²) in [7, 11) is 0. The van der Waals surface area contributed by atoms with Crippen LogP contribution in [0.2, 0.25) is 0 Å². The number of nitrogens with zero attached hydrogens (tertiary/aromatic N) is 4. The van der Waals surface area contributed by atoms with Crippen LogP contribution < -0.4 is 16.2 Å². The number of hydrogen-bond donors (Lipinski definition) is 2. The summed E-state index contributed by atoms with van der Waals surface area (Å²) in [6, 6.07) is 2.03. The molecule has 0 amide bonds. The van der Waals surface area contributed by atoms with Gasteiger partial charge >= 0.3 is 0 Å². The number of anilines is 2. The van der Waals surface area contributed by atoms with E-state index in [-0.39, 0.29) is 0 Å². The lowest BCUT2D eigenvalue weighted by Crippen LogP contribution is -2.47. The second-order valence-electron chi connectivity index (χ2n) is 5.57. The molecule has 1 aliphatic carbocycles. The van der Waals surface area contributed by atoms with E-state index >= 15 is 0 Å². The summed E-state index contributed by atoms with van der Waals surface area (Å²) in [4.78, 5) is 13.6. The van der Waals surface area contributed by atoms with Crippen LogP contribution in [0.25, 0.3) is 0 Å². The van der Waals surface area contributed by atoms with Gasteiger partial charge in [-0.3, -0.25) is 10.3 Å². The number of hydrogen-bond acceptors (Lipinski definition) is 6. The zero-order chi connectivity index (χ0) is 13.2. The van der Waals surface area contributed by atoms with Gasteiger partial charge in [0, 0.05) is 44.5 Å². The van der Waals surface area contributed by atoms with E-state index in [1.165, 1.54) is 19.4 Å². The second kappa shape index (κ2) is 5.30. The minimum absolute atomic E-state index is 0.496. The quantitative estimate of drug-likeness (QED) is 0.612. The Hall–Kier alpha value is -1.40. The van der Waals surface area contributed by atoms with Gasteiger partial charge in [-0.05, 0) is 25.7 Å². The Labute approximate surface area is 114 Å². The third-order valence-electron chi connectivity index (χ3n) is 3.88. The zero-order valence-electron chi connectivity index (χ0n) is 11.5. The summed E-state index contributed by atoms with van der Waals surface area (Å²) in [6.07, 6.45) is 2.85. The number of aryl methyl sites for hydroxylation is 1. The minimum Gasteiger partial charge on any atom is -0.354 e. The Kier molecular flexibility index (Phi) is 3.52. The number of aromatic nitrogens is 2. The predicted molar refractivity (Wildman–Crippen MR) is 76.0 cm³/mol. The van der Waals surface area contributed by atoms with Crippen LogP contribution in [0, 0.1) is 12.8 Å². The number of nitrogen functional groups attached to an aromatic ring is 1. The predicted octanol–water partition coefficient (Wildman–Crippen LogP) is 0.603. The van der Waals surface area contributed by atoms with Gasteiger partial charge < -0.3 is 4.90 Å². The molecule has 19 heavy (non-hydrogen) atoms. The molecule has 0 atom stereocenters. The fourth-order valence-corrected chi connectivity index (χ4v) is 2.60. The van der Waals surface area contributed by atoms with E-state index < -0.39 is 0 Å². The molecule has 1 saturated carbocycles. The average Bonchev–Trinajstić information content (AvgIpc) is 3.23. The van der Waals surface area contributed by atoms with Gasteiger partial charge in [0.25, 0.3) is 0 Å². The van der Waals surface area contributed by atoms with Gasteiger partial charge in [-0.1, -0.05) is 0 Å². The fraction of sp³-hybridized carbons (Fsp3) is 0.692. The molecule has 6 heteroatoms. The molecule has 1 saturated heterocycles. The number of hydrazine groups is 1. The smallest absolute Gasteiger partial charge is 0.239 e. The Morgan fingerprint density at radius 3 is 2.63 bits per heavy atom. The summed E-state index contributed by atoms with van der Waals surface area (Å²) in [5.74, 6) is 7.85. The number of piperazine rings is 1. The summed E-state index contributed by atoms with van der Waals surface area (Å²) in [5, 5.41) is 0. The first-order valence-corrected chi connectivity index (χ1v) is 7.04. The van der Waals surface area contributed by atoms with E-state index in [1.54, 1.807) is 0 Å². The van der Waals surface area contributed by atoms with Gasteiger partial charge in [0.2, 0.25) is 5.95 Å². The monoisotopic (exact) mass is 262 g/mol. The molecule has 1 aromatic rings. The SMILES string of the molecule is Cc1cc(N2CCN(CC3CC3)CC2)nc(NN)n1. The van der Waals surface area contributed by atoms with Crippen LogP contribution in [-0.2, 0) is 0 Å². The van der Waals surface area contributed by atoms with Crippen LogP contribution in [-0.4, -0.2) is 47.6 Å². The first kappa shape index (κ1) is 12.6. The second-order valence-corrected chi connectivity index (χ2v) is 5.57. The van der Waals surface area contributed by atoms with Crippen molar-refractivity contribution < 1.29 is 0 Å². The van der Waals surface area contributed by atoms with E-state index in [0.29, 0.717) is 5.95 Å². The van der Waals surface area contributed by atoms with Gasteiger partial charge in [-0.2, -0.15) is 4.98 Å². The lowest BCUT2D eigenvalue weighted by Gasteiger charge is -2.35. The normalized spacial score (nSPS) is 20.6. The molecular formula is C13H22N6. The molecule has 6 nitrogen and oxygen atoms in total. The molecule has 0 bridgehead atoms. The number of rotatable bonds is 4. The molecule has 0 aromatic carbocycles. The first-order valence-electron chi connectivity index (χ1n) is 7.04. The maximum absolute atomic E-state index is 5.40. The van der Waals surface area contributed by atoms with Crippen LogP contribution in [0.4, 0.5) is 11.8 Å². The molecule has 3 N–H and O–H groups in total. The number of nitrogens with two attached hydrogens (primary N) is 1.